The second-order valence-corrected chi connectivity index (χ2v) is 13.8. The molecule has 1 aliphatic rings. The number of hydrogen-bond donors (Lipinski definition) is 1. The van der Waals surface area contributed by atoms with Crippen LogP contribution in [0.5, 0.6) is 0 Å². The van der Waals surface area contributed by atoms with Crippen molar-refractivity contribution in [3.63, 3.8) is 0 Å². The molecule has 1 unspecified atom stereocenters. The van der Waals surface area contributed by atoms with Crippen LogP contribution >= 0.6 is 19.6 Å². The first-order chi connectivity index (χ1) is 20.8. The minimum Gasteiger partial charge on any atom is -0.469 e. The monoisotopic (exact) mass is 659 g/mol. The Labute approximate surface area is 262 Å². The van der Waals surface area contributed by atoms with E-state index in [1.807, 2.05) is 44.2 Å². The number of amides is 1. The van der Waals surface area contributed by atoms with E-state index in [0.29, 0.717) is 12.2 Å². The van der Waals surface area contributed by atoms with E-state index in [0.717, 1.165) is 17.3 Å². The quantitative estimate of drug-likeness (QED) is 0.0832. The highest BCUT2D eigenvalue weighted by molar-refractivity contribution is 8.13. The molecule has 15 heteroatoms. The Kier molecular flexibility index (Phi) is 15.5. The van der Waals surface area contributed by atoms with Gasteiger partial charge >= 0.3 is 25.7 Å². The number of phosphoric ester groups is 1. The van der Waals surface area contributed by atoms with Gasteiger partial charge in [-0.25, -0.2) is 9.09 Å². The Bertz CT molecular complexity index is 1180. The van der Waals surface area contributed by atoms with Crippen LogP contribution in [0.2, 0.25) is 0 Å². The first kappa shape index (κ1) is 37.4. The number of rotatable bonds is 17. The molecule has 0 saturated carbocycles. The maximum atomic E-state index is 12.9. The van der Waals surface area contributed by atoms with Gasteiger partial charge in [-0.3, -0.25) is 33.0 Å². The number of ether oxygens (including phenoxy) is 3. The molecule has 1 N–H and O–H groups in total. The van der Waals surface area contributed by atoms with Gasteiger partial charge in [0, 0.05) is 30.1 Å². The van der Waals surface area contributed by atoms with Gasteiger partial charge in [0.05, 0.1) is 26.6 Å². The summed E-state index contributed by atoms with van der Waals surface area (Å²) < 4.78 is 43.4. The first-order valence-electron chi connectivity index (χ1n) is 14.2. The summed E-state index contributed by atoms with van der Waals surface area (Å²) in [5.74, 6) is -2.52. The normalized spacial score (nSPS) is 19.9. The third-order valence-corrected chi connectivity index (χ3v) is 8.99. The first-order valence-corrected chi connectivity index (χ1v) is 16.6. The predicted octanol–water partition coefficient (Wildman–Crippen LogP) is 4.18. The molecule has 1 aromatic carbocycles. The van der Waals surface area contributed by atoms with Crippen molar-refractivity contribution >= 4 is 48.5 Å². The van der Waals surface area contributed by atoms with E-state index in [1.54, 1.807) is 13.8 Å². The van der Waals surface area contributed by atoms with Gasteiger partial charge in [-0.05, 0) is 17.9 Å². The summed E-state index contributed by atoms with van der Waals surface area (Å²) in [6, 6.07) is 9.26. The predicted molar refractivity (Wildman–Crippen MR) is 160 cm³/mol. The van der Waals surface area contributed by atoms with Crippen LogP contribution in [0.4, 0.5) is 0 Å². The zero-order valence-corrected chi connectivity index (χ0v) is 27.4. The summed E-state index contributed by atoms with van der Waals surface area (Å²) >= 11 is 1.03. The van der Waals surface area contributed by atoms with Gasteiger partial charge in [-0.1, -0.05) is 69.8 Å². The van der Waals surface area contributed by atoms with Crippen LogP contribution in [0.25, 0.3) is 0 Å². The van der Waals surface area contributed by atoms with E-state index in [2.05, 4.69) is 10.1 Å². The zero-order chi connectivity index (χ0) is 32.8. The van der Waals surface area contributed by atoms with Gasteiger partial charge in [-0.15, -0.1) is 0 Å². The lowest BCUT2D eigenvalue weighted by Crippen LogP contribution is -2.50. The number of carbonyl (C=O) groups is 5. The molecule has 13 nitrogen and oxygen atoms in total. The summed E-state index contributed by atoms with van der Waals surface area (Å²) in [5.41, 5.74) is -0.00855. The zero-order valence-electron chi connectivity index (χ0n) is 25.7. The highest BCUT2D eigenvalue weighted by atomic mass is 32.2. The fourth-order valence-electron chi connectivity index (χ4n) is 3.87. The summed E-state index contributed by atoms with van der Waals surface area (Å²) in [7, 11) is -3.00. The number of phosphoric acid groups is 1. The van der Waals surface area contributed by atoms with Gasteiger partial charge in [0.1, 0.15) is 6.61 Å². The van der Waals surface area contributed by atoms with Crippen molar-refractivity contribution in [3.8, 4) is 0 Å². The minimum absolute atomic E-state index is 0.00558. The summed E-state index contributed by atoms with van der Waals surface area (Å²) in [4.78, 5) is 61.1. The molecule has 44 heavy (non-hydrogen) atoms. The molecule has 0 aliphatic carbocycles. The largest absolute Gasteiger partial charge is 0.478 e. The highest BCUT2D eigenvalue weighted by Gasteiger charge is 2.49. The number of methoxy groups -OCH3 is 1. The van der Waals surface area contributed by atoms with Crippen molar-refractivity contribution in [2.45, 2.75) is 66.1 Å². The maximum Gasteiger partial charge on any atom is 0.478 e. The van der Waals surface area contributed by atoms with Crippen molar-refractivity contribution in [2.75, 3.05) is 32.8 Å². The van der Waals surface area contributed by atoms with Crippen molar-refractivity contribution < 1.29 is 56.3 Å². The lowest BCUT2D eigenvalue weighted by molar-refractivity contribution is -0.156. The van der Waals surface area contributed by atoms with Crippen molar-refractivity contribution in [3.05, 3.63) is 35.9 Å². The average molecular weight is 660 g/mol. The number of nitrogens with one attached hydrogen (secondary N) is 1. The molecule has 246 valence electrons. The lowest BCUT2D eigenvalue weighted by atomic mass is 9.87. The second kappa shape index (κ2) is 18.3. The van der Waals surface area contributed by atoms with Gasteiger partial charge in [-0.2, -0.15) is 0 Å². The number of esters is 3. The molecule has 0 radical (unpaired) electrons. The van der Waals surface area contributed by atoms with E-state index in [-0.39, 0.29) is 50.1 Å². The fourth-order valence-corrected chi connectivity index (χ4v) is 6.44. The number of hydrogen-bond acceptors (Lipinski definition) is 13. The third-order valence-electron chi connectivity index (χ3n) is 6.57. The highest BCUT2D eigenvalue weighted by Crippen LogP contribution is 2.57. The number of thioether (sulfide) groups is 1. The Balaban J connectivity index is 1.70. The molecule has 1 aliphatic heterocycles. The van der Waals surface area contributed by atoms with Crippen LogP contribution in [0.3, 0.4) is 0 Å². The number of benzene rings is 1. The molecule has 1 saturated heterocycles. The van der Waals surface area contributed by atoms with Crippen LogP contribution < -0.4 is 5.32 Å². The minimum atomic E-state index is -4.23. The van der Waals surface area contributed by atoms with Crippen molar-refractivity contribution in [2.24, 2.45) is 17.3 Å². The van der Waals surface area contributed by atoms with Crippen LogP contribution in [0.15, 0.2) is 30.3 Å². The molecule has 1 fully saturated rings. The third kappa shape index (κ3) is 13.1. The van der Waals surface area contributed by atoms with Gasteiger partial charge in [0.25, 0.3) is 0 Å². The molecule has 1 amide bonds. The van der Waals surface area contributed by atoms with Crippen LogP contribution in [0, 0.1) is 17.3 Å². The Morgan fingerprint density at radius 1 is 1.05 bits per heavy atom. The smallest absolute Gasteiger partial charge is 0.469 e. The Morgan fingerprint density at radius 2 is 1.75 bits per heavy atom. The second-order valence-electron chi connectivity index (χ2n) is 11.0. The van der Waals surface area contributed by atoms with E-state index in [4.69, 9.17) is 23.0 Å². The molecule has 1 heterocycles. The van der Waals surface area contributed by atoms with Crippen LogP contribution in [0.1, 0.15) is 58.9 Å². The van der Waals surface area contributed by atoms with Gasteiger partial charge < -0.3 is 19.5 Å². The number of carbonyl (C=O) groups excluding carboxylic acids is 5. The Hall–Kier alpha value is -2.77. The van der Waals surface area contributed by atoms with E-state index < -0.39 is 55.9 Å². The molecule has 0 spiro atoms. The van der Waals surface area contributed by atoms with Crippen LogP contribution in [-0.4, -0.2) is 67.8 Å². The van der Waals surface area contributed by atoms with E-state index in [9.17, 15) is 28.5 Å². The van der Waals surface area contributed by atoms with E-state index >= 15 is 0 Å². The van der Waals surface area contributed by atoms with E-state index in [1.165, 1.54) is 7.11 Å². The van der Waals surface area contributed by atoms with Crippen molar-refractivity contribution in [1.82, 2.24) is 5.32 Å². The molecule has 1 aromatic rings. The van der Waals surface area contributed by atoms with Crippen LogP contribution in [-0.2, 0) is 62.9 Å². The molecule has 0 bridgehead atoms. The standard InChI is InChI=1S/C29H42NO12PS/c1-20(2)22(16-25(33)38-17-21-10-7-6-8-11-21)28(35)44-15-9-12-24(32)39-19-41-43(36)40-18-29(3,4)26(42-43)27(34)30-14-13-23(31)37-5/h6-8,10-11,20,22,26H,9,12-19H2,1-5H3,(H,30,34)/t22-,26-,43?/m0/s1. The summed E-state index contributed by atoms with van der Waals surface area (Å²) in [6.07, 6.45) is -1.03. The fraction of sp³-hybridized carbons (Fsp3) is 0.621. The summed E-state index contributed by atoms with van der Waals surface area (Å²) in [5, 5.41) is 2.36. The maximum absolute atomic E-state index is 12.9. The van der Waals surface area contributed by atoms with Gasteiger partial charge in [0.2, 0.25) is 12.7 Å². The van der Waals surface area contributed by atoms with Gasteiger partial charge in [0.15, 0.2) is 11.2 Å². The molecule has 2 rings (SSSR count). The molecular formula is C29H42NO12PS. The molecule has 3 atom stereocenters. The summed E-state index contributed by atoms with van der Waals surface area (Å²) in [6.45, 7) is 6.32. The Morgan fingerprint density at radius 3 is 2.41 bits per heavy atom. The topological polar surface area (TPSA) is 170 Å². The van der Waals surface area contributed by atoms with Crippen molar-refractivity contribution in [1.29, 1.82) is 0 Å². The average Bonchev–Trinajstić information content (AvgIpc) is 2.98. The molecular weight excluding hydrogens is 617 g/mol. The SMILES string of the molecule is COC(=O)CCNC(=O)[C@@H]1OP(=O)(OCOC(=O)CCCSC(=O)[C@@H](CC(=O)OCc2ccccc2)C(C)C)OCC1(C)C. The molecule has 0 aromatic heterocycles. The lowest BCUT2D eigenvalue weighted by Gasteiger charge is -2.39.